The molecule has 0 bridgehead atoms. The molecule has 2 aromatic rings. The minimum Gasteiger partial charge on any atom is -0.481 e. The Bertz CT molecular complexity index is 758. The molecule has 2 rings (SSSR count). The maximum atomic E-state index is 12.7. The summed E-state index contributed by atoms with van der Waals surface area (Å²) in [4.78, 5) is 27.9. The van der Waals surface area contributed by atoms with Gasteiger partial charge in [0.2, 0.25) is 0 Å². The van der Waals surface area contributed by atoms with E-state index in [9.17, 15) is 9.59 Å². The first-order chi connectivity index (χ1) is 11.0. The van der Waals surface area contributed by atoms with Crippen molar-refractivity contribution in [1.82, 2.24) is 0 Å². The van der Waals surface area contributed by atoms with Crippen LogP contribution >= 0.6 is 11.6 Å². The predicted molar refractivity (Wildman–Crippen MR) is 89.7 cm³/mol. The number of para-hydroxylation sites is 1. The van der Waals surface area contributed by atoms with Crippen LogP contribution in [0.3, 0.4) is 0 Å². The van der Waals surface area contributed by atoms with Crippen molar-refractivity contribution in [3.63, 3.8) is 0 Å². The summed E-state index contributed by atoms with van der Waals surface area (Å²) in [6.07, 6.45) is -0.260. The van der Waals surface area contributed by atoms with Crippen molar-refractivity contribution in [2.75, 3.05) is 5.88 Å². The van der Waals surface area contributed by atoms with Crippen LogP contribution in [0.15, 0.2) is 53.5 Å². The van der Waals surface area contributed by atoms with Gasteiger partial charge in [0.25, 0.3) is 0 Å². The van der Waals surface area contributed by atoms with Crippen molar-refractivity contribution < 1.29 is 14.7 Å². The molecule has 0 saturated carbocycles. The molecule has 0 heterocycles. The second-order valence-corrected chi connectivity index (χ2v) is 5.08. The number of carbonyl (C=O) groups is 2. The van der Waals surface area contributed by atoms with Crippen molar-refractivity contribution in [3.05, 3.63) is 65.2 Å². The first-order valence-electron chi connectivity index (χ1n) is 6.85. The van der Waals surface area contributed by atoms with Crippen LogP contribution in [0.25, 0.3) is 0 Å². The summed E-state index contributed by atoms with van der Waals surface area (Å²) in [5.74, 6) is -1.17. The summed E-state index contributed by atoms with van der Waals surface area (Å²) in [5.41, 5.74) is 7.11. The van der Waals surface area contributed by atoms with E-state index in [4.69, 9.17) is 22.4 Å². The van der Waals surface area contributed by atoms with E-state index in [-0.39, 0.29) is 29.6 Å². The molecule has 0 aliphatic rings. The van der Waals surface area contributed by atoms with Gasteiger partial charge >= 0.3 is 5.97 Å². The molecule has 0 aromatic heterocycles. The minimum absolute atomic E-state index is 0.0135. The molecular weight excluding hydrogens is 316 g/mol. The number of carbonyl (C=O) groups excluding carboxylic acids is 1. The summed E-state index contributed by atoms with van der Waals surface area (Å²) in [6.45, 7) is 0. The zero-order chi connectivity index (χ0) is 16.8. The zero-order valence-corrected chi connectivity index (χ0v) is 13.0. The fourth-order valence-electron chi connectivity index (χ4n) is 2.13. The molecule has 0 aliphatic carbocycles. The normalized spacial score (nSPS) is 11.3. The maximum Gasteiger partial charge on any atom is 0.307 e. The Labute approximate surface area is 138 Å². The average Bonchev–Trinajstić information content (AvgIpc) is 2.56. The van der Waals surface area contributed by atoms with E-state index < -0.39 is 5.97 Å². The van der Waals surface area contributed by atoms with Gasteiger partial charge in [0, 0.05) is 11.1 Å². The smallest absolute Gasteiger partial charge is 0.307 e. The number of benzene rings is 2. The number of hydrogen-bond donors (Lipinski definition) is 2. The molecule has 5 nitrogen and oxygen atoms in total. The molecule has 0 spiro atoms. The number of nitrogens with zero attached hydrogens (tertiary/aromatic N) is 1. The molecule has 23 heavy (non-hydrogen) atoms. The lowest BCUT2D eigenvalue weighted by atomic mass is 9.97. The first kappa shape index (κ1) is 16.7. The second kappa shape index (κ2) is 7.56. The van der Waals surface area contributed by atoms with Gasteiger partial charge in [-0.2, -0.15) is 0 Å². The quantitative estimate of drug-likeness (QED) is 0.368. The number of aliphatic carboxylic acids is 1. The zero-order valence-electron chi connectivity index (χ0n) is 12.2. The summed E-state index contributed by atoms with van der Waals surface area (Å²) >= 11 is 5.65. The lowest BCUT2D eigenvalue weighted by Gasteiger charge is -2.10. The van der Waals surface area contributed by atoms with Gasteiger partial charge in [0.1, 0.15) is 5.84 Å². The Kier molecular flexibility index (Phi) is 5.49. The molecule has 0 unspecified atom stereocenters. The van der Waals surface area contributed by atoms with E-state index in [0.29, 0.717) is 16.7 Å². The van der Waals surface area contributed by atoms with E-state index in [1.54, 1.807) is 42.5 Å². The third-order valence-electron chi connectivity index (χ3n) is 3.13. The van der Waals surface area contributed by atoms with Gasteiger partial charge in [-0.1, -0.05) is 42.5 Å². The fourth-order valence-corrected chi connectivity index (χ4v) is 2.19. The van der Waals surface area contributed by atoms with E-state index in [2.05, 4.69) is 4.99 Å². The summed E-state index contributed by atoms with van der Waals surface area (Å²) in [5, 5.41) is 9.04. The molecule has 0 saturated heterocycles. The second-order valence-electron chi connectivity index (χ2n) is 4.82. The van der Waals surface area contributed by atoms with Gasteiger partial charge in [0.15, 0.2) is 5.78 Å². The van der Waals surface area contributed by atoms with Crippen LogP contribution in [0.4, 0.5) is 5.69 Å². The number of carboxylic acid groups (broad SMARTS) is 1. The molecule has 6 heteroatoms. The van der Waals surface area contributed by atoms with Crippen molar-refractivity contribution in [1.29, 1.82) is 0 Å². The number of amidine groups is 1. The molecule has 118 valence electrons. The van der Waals surface area contributed by atoms with Crippen LogP contribution in [0.1, 0.15) is 21.5 Å². The molecule has 0 atom stereocenters. The molecule has 0 radical (unpaired) electrons. The summed E-state index contributed by atoms with van der Waals surface area (Å²) in [6, 6.07) is 13.5. The van der Waals surface area contributed by atoms with Crippen LogP contribution in [-0.2, 0) is 11.2 Å². The SMILES string of the molecule is NC(CCl)=Nc1c(CC(=O)O)cccc1C(=O)c1ccccc1. The number of rotatable bonds is 6. The third kappa shape index (κ3) is 4.17. The van der Waals surface area contributed by atoms with Crippen molar-refractivity contribution in [2.24, 2.45) is 10.7 Å². The Balaban J connectivity index is 2.58. The number of nitrogens with two attached hydrogens (primary N) is 1. The standard InChI is InChI=1S/C17H15ClN2O3/c18-10-14(19)20-16-12(9-15(21)22)7-4-8-13(16)17(23)11-5-2-1-3-6-11/h1-8H,9-10H2,(H2,19,20)(H,21,22). The summed E-state index contributed by atoms with van der Waals surface area (Å²) < 4.78 is 0. The largest absolute Gasteiger partial charge is 0.481 e. The lowest BCUT2D eigenvalue weighted by molar-refractivity contribution is -0.136. The predicted octanol–water partition coefficient (Wildman–Crippen LogP) is 2.77. The Hall–Kier alpha value is -2.66. The van der Waals surface area contributed by atoms with Crippen LogP contribution < -0.4 is 5.73 Å². The first-order valence-corrected chi connectivity index (χ1v) is 7.38. The number of aliphatic imine (C=N–C) groups is 1. The number of hydrogen-bond acceptors (Lipinski definition) is 3. The molecule has 0 aliphatic heterocycles. The average molecular weight is 331 g/mol. The maximum absolute atomic E-state index is 12.7. The van der Waals surface area contributed by atoms with E-state index >= 15 is 0 Å². The van der Waals surface area contributed by atoms with Crippen molar-refractivity contribution in [2.45, 2.75) is 6.42 Å². The third-order valence-corrected chi connectivity index (χ3v) is 3.41. The van der Waals surface area contributed by atoms with Gasteiger partial charge in [-0.3, -0.25) is 9.59 Å². The Morgan fingerprint density at radius 2 is 1.78 bits per heavy atom. The number of ketones is 1. The van der Waals surface area contributed by atoms with Crippen LogP contribution in [0, 0.1) is 0 Å². The highest BCUT2D eigenvalue weighted by atomic mass is 35.5. The van der Waals surface area contributed by atoms with Crippen LogP contribution in [-0.4, -0.2) is 28.6 Å². The topological polar surface area (TPSA) is 92.8 Å². The minimum atomic E-state index is -1.02. The molecule has 0 amide bonds. The Morgan fingerprint density at radius 3 is 2.39 bits per heavy atom. The monoisotopic (exact) mass is 330 g/mol. The van der Waals surface area contributed by atoms with Gasteiger partial charge in [0.05, 0.1) is 18.0 Å². The molecule has 3 N–H and O–H groups in total. The Morgan fingerprint density at radius 1 is 1.09 bits per heavy atom. The van der Waals surface area contributed by atoms with Gasteiger partial charge in [-0.15, -0.1) is 11.6 Å². The van der Waals surface area contributed by atoms with Crippen molar-refractivity contribution in [3.8, 4) is 0 Å². The van der Waals surface area contributed by atoms with E-state index in [0.717, 1.165) is 0 Å². The highest BCUT2D eigenvalue weighted by molar-refractivity contribution is 6.28. The van der Waals surface area contributed by atoms with Crippen LogP contribution in [0.5, 0.6) is 0 Å². The molecule has 2 aromatic carbocycles. The van der Waals surface area contributed by atoms with Gasteiger partial charge < -0.3 is 10.8 Å². The van der Waals surface area contributed by atoms with Crippen LogP contribution in [0.2, 0.25) is 0 Å². The molecule has 0 fully saturated rings. The highest BCUT2D eigenvalue weighted by Crippen LogP contribution is 2.27. The highest BCUT2D eigenvalue weighted by Gasteiger charge is 2.17. The fraction of sp³-hybridized carbons (Fsp3) is 0.118. The number of halogens is 1. The van der Waals surface area contributed by atoms with E-state index in [1.165, 1.54) is 0 Å². The lowest BCUT2D eigenvalue weighted by Crippen LogP contribution is -2.14. The van der Waals surface area contributed by atoms with Crippen molar-refractivity contribution >= 4 is 34.9 Å². The summed E-state index contributed by atoms with van der Waals surface area (Å²) in [7, 11) is 0. The molecular formula is C17H15ClN2O3. The van der Waals surface area contributed by atoms with Gasteiger partial charge in [-0.05, 0) is 11.6 Å². The van der Waals surface area contributed by atoms with E-state index in [1.807, 2.05) is 6.07 Å². The number of carboxylic acids is 1. The van der Waals surface area contributed by atoms with Gasteiger partial charge in [-0.25, -0.2) is 4.99 Å². The number of alkyl halides is 1.